The maximum atomic E-state index is 12.5. The molecule has 5 nitrogen and oxygen atoms in total. The molecule has 0 radical (unpaired) electrons. The molecule has 0 aromatic heterocycles. The summed E-state index contributed by atoms with van der Waals surface area (Å²) in [5.41, 5.74) is 8.15. The van der Waals surface area contributed by atoms with Crippen molar-refractivity contribution in [2.75, 3.05) is 6.79 Å². The number of halogens is 1. The highest BCUT2D eigenvalue weighted by Gasteiger charge is 2.24. The smallest absolute Gasteiger partial charge is 0.231 e. The first-order chi connectivity index (χ1) is 11.6. The molecule has 0 spiro atoms. The van der Waals surface area contributed by atoms with Crippen LogP contribution < -0.4 is 20.5 Å². The highest BCUT2D eigenvalue weighted by molar-refractivity contribution is 5.85. The Morgan fingerprint density at radius 1 is 1.04 bits per heavy atom. The second-order valence-corrected chi connectivity index (χ2v) is 6.07. The van der Waals surface area contributed by atoms with Crippen LogP contribution in [-0.4, -0.2) is 12.7 Å². The topological polar surface area (TPSA) is 73.6 Å². The van der Waals surface area contributed by atoms with E-state index in [4.69, 9.17) is 15.2 Å². The predicted octanol–water partition coefficient (Wildman–Crippen LogP) is 3.35. The Morgan fingerprint density at radius 2 is 1.72 bits per heavy atom. The van der Waals surface area contributed by atoms with E-state index in [0.29, 0.717) is 5.75 Å². The molecule has 134 valence electrons. The minimum absolute atomic E-state index is 0. The van der Waals surface area contributed by atoms with E-state index in [1.54, 1.807) is 0 Å². The highest BCUT2D eigenvalue weighted by Crippen LogP contribution is 2.34. The summed E-state index contributed by atoms with van der Waals surface area (Å²) in [7, 11) is 0. The first-order valence-electron chi connectivity index (χ1n) is 8.06. The molecule has 3 N–H and O–H groups in total. The van der Waals surface area contributed by atoms with Crippen LogP contribution in [0.25, 0.3) is 0 Å². The molecule has 3 atom stereocenters. The Kier molecular flexibility index (Phi) is 6.28. The van der Waals surface area contributed by atoms with Gasteiger partial charge >= 0.3 is 0 Å². The van der Waals surface area contributed by atoms with Gasteiger partial charge in [-0.05, 0) is 30.2 Å². The van der Waals surface area contributed by atoms with Crippen LogP contribution in [0.3, 0.4) is 0 Å². The molecule has 0 aliphatic carbocycles. The molecule has 1 amide bonds. The van der Waals surface area contributed by atoms with E-state index >= 15 is 0 Å². The molecule has 3 unspecified atom stereocenters. The van der Waals surface area contributed by atoms with Crippen LogP contribution in [0.2, 0.25) is 0 Å². The van der Waals surface area contributed by atoms with E-state index in [9.17, 15) is 4.79 Å². The number of ether oxygens (including phenoxy) is 2. The van der Waals surface area contributed by atoms with E-state index in [1.807, 2.05) is 62.4 Å². The van der Waals surface area contributed by atoms with Crippen molar-refractivity contribution in [2.24, 2.45) is 11.7 Å². The zero-order valence-corrected chi connectivity index (χ0v) is 15.1. The predicted molar refractivity (Wildman–Crippen MR) is 98.9 cm³/mol. The maximum Gasteiger partial charge on any atom is 0.231 e. The fourth-order valence-corrected chi connectivity index (χ4v) is 2.74. The summed E-state index contributed by atoms with van der Waals surface area (Å²) in [6.45, 7) is 4.03. The summed E-state index contributed by atoms with van der Waals surface area (Å²) in [6.07, 6.45) is 0. The molecular weight excluding hydrogens is 340 g/mol. The van der Waals surface area contributed by atoms with E-state index in [-0.39, 0.29) is 43.1 Å². The van der Waals surface area contributed by atoms with Crippen LogP contribution in [0.5, 0.6) is 11.5 Å². The molecule has 1 aliphatic heterocycles. The monoisotopic (exact) mass is 362 g/mol. The number of hydrogen-bond acceptors (Lipinski definition) is 4. The van der Waals surface area contributed by atoms with Gasteiger partial charge in [0.2, 0.25) is 12.7 Å². The molecule has 2 aromatic rings. The third-order valence-corrected chi connectivity index (χ3v) is 4.39. The van der Waals surface area contributed by atoms with Crippen LogP contribution >= 0.6 is 12.4 Å². The van der Waals surface area contributed by atoms with E-state index in [1.165, 1.54) is 0 Å². The fourth-order valence-electron chi connectivity index (χ4n) is 2.74. The summed E-state index contributed by atoms with van der Waals surface area (Å²) in [5.74, 6) is 1.04. The van der Waals surface area contributed by atoms with E-state index < -0.39 is 0 Å². The molecule has 2 aromatic carbocycles. The summed E-state index contributed by atoms with van der Waals surface area (Å²) >= 11 is 0. The SMILES string of the molecule is CC(NC(=O)C(C)C(N)c1ccccc1)c1ccc2c(c1)OCO2.Cl. The van der Waals surface area contributed by atoms with Crippen molar-refractivity contribution in [3.8, 4) is 11.5 Å². The van der Waals surface area contributed by atoms with Crippen molar-refractivity contribution in [3.63, 3.8) is 0 Å². The van der Waals surface area contributed by atoms with Crippen LogP contribution in [0, 0.1) is 5.92 Å². The van der Waals surface area contributed by atoms with Gasteiger partial charge in [-0.15, -0.1) is 12.4 Å². The van der Waals surface area contributed by atoms with Gasteiger partial charge < -0.3 is 20.5 Å². The second kappa shape index (κ2) is 8.23. The Hall–Kier alpha value is -2.24. The Balaban J connectivity index is 0.00000225. The van der Waals surface area contributed by atoms with Gasteiger partial charge in [0.15, 0.2) is 11.5 Å². The molecule has 25 heavy (non-hydrogen) atoms. The number of nitrogens with one attached hydrogen (secondary N) is 1. The van der Waals surface area contributed by atoms with Crippen LogP contribution in [0.1, 0.15) is 37.1 Å². The average Bonchev–Trinajstić information content (AvgIpc) is 3.08. The second-order valence-electron chi connectivity index (χ2n) is 6.07. The van der Waals surface area contributed by atoms with Gasteiger partial charge in [0, 0.05) is 6.04 Å². The third-order valence-electron chi connectivity index (χ3n) is 4.39. The Labute approximate surface area is 153 Å². The van der Waals surface area contributed by atoms with E-state index in [0.717, 1.165) is 16.9 Å². The van der Waals surface area contributed by atoms with Gasteiger partial charge in [-0.2, -0.15) is 0 Å². The molecule has 1 aliphatic rings. The number of rotatable bonds is 5. The van der Waals surface area contributed by atoms with Gasteiger partial charge in [0.05, 0.1) is 12.0 Å². The molecule has 0 saturated carbocycles. The number of benzene rings is 2. The lowest BCUT2D eigenvalue weighted by Crippen LogP contribution is -2.36. The Morgan fingerprint density at radius 3 is 2.44 bits per heavy atom. The van der Waals surface area contributed by atoms with Gasteiger partial charge in [-0.1, -0.05) is 43.3 Å². The summed E-state index contributed by atoms with van der Waals surface area (Å²) in [4.78, 5) is 12.5. The van der Waals surface area contributed by atoms with Gasteiger partial charge in [0.25, 0.3) is 0 Å². The van der Waals surface area contributed by atoms with Crippen molar-refractivity contribution in [1.82, 2.24) is 5.32 Å². The zero-order valence-electron chi connectivity index (χ0n) is 14.3. The van der Waals surface area contributed by atoms with Crippen molar-refractivity contribution in [2.45, 2.75) is 25.9 Å². The highest BCUT2D eigenvalue weighted by atomic mass is 35.5. The lowest BCUT2D eigenvalue weighted by Gasteiger charge is -2.22. The lowest BCUT2D eigenvalue weighted by atomic mass is 9.94. The van der Waals surface area contributed by atoms with Crippen LogP contribution in [-0.2, 0) is 4.79 Å². The average molecular weight is 363 g/mol. The van der Waals surface area contributed by atoms with E-state index in [2.05, 4.69) is 5.32 Å². The fraction of sp³-hybridized carbons (Fsp3) is 0.316. The molecular formula is C19H23ClN2O3. The van der Waals surface area contributed by atoms with Gasteiger partial charge in [-0.25, -0.2) is 0 Å². The standard InChI is InChI=1S/C19H22N2O3.ClH/c1-12(18(20)14-6-4-3-5-7-14)19(22)21-13(2)15-8-9-16-17(10-15)24-11-23-16;/h3-10,12-13,18H,11,20H2,1-2H3,(H,21,22);1H. The molecule has 0 fully saturated rings. The quantitative estimate of drug-likeness (QED) is 0.855. The van der Waals surface area contributed by atoms with Gasteiger partial charge in [0.1, 0.15) is 0 Å². The number of carbonyl (C=O) groups is 1. The molecule has 0 saturated heterocycles. The van der Waals surface area contributed by atoms with Crippen molar-refractivity contribution in [3.05, 3.63) is 59.7 Å². The summed E-state index contributed by atoms with van der Waals surface area (Å²) in [5, 5.41) is 3.02. The number of carbonyl (C=O) groups excluding carboxylic acids is 1. The van der Waals surface area contributed by atoms with Crippen LogP contribution in [0.15, 0.2) is 48.5 Å². The molecule has 6 heteroatoms. The molecule has 1 heterocycles. The van der Waals surface area contributed by atoms with Gasteiger partial charge in [-0.3, -0.25) is 4.79 Å². The van der Waals surface area contributed by atoms with Crippen molar-refractivity contribution in [1.29, 1.82) is 0 Å². The van der Waals surface area contributed by atoms with Crippen LogP contribution in [0.4, 0.5) is 0 Å². The minimum atomic E-state index is -0.338. The minimum Gasteiger partial charge on any atom is -0.454 e. The molecule has 3 rings (SSSR count). The number of fused-ring (bicyclic) bond motifs is 1. The number of hydrogen-bond donors (Lipinski definition) is 2. The normalized spacial score (nSPS) is 15.6. The molecule has 0 bridgehead atoms. The zero-order chi connectivity index (χ0) is 17.1. The lowest BCUT2D eigenvalue weighted by molar-refractivity contribution is -0.125. The largest absolute Gasteiger partial charge is 0.454 e. The summed E-state index contributed by atoms with van der Waals surface area (Å²) < 4.78 is 10.7. The van der Waals surface area contributed by atoms with Crippen molar-refractivity contribution >= 4 is 18.3 Å². The van der Waals surface area contributed by atoms with Crippen molar-refractivity contribution < 1.29 is 14.3 Å². The number of nitrogens with two attached hydrogens (primary N) is 1. The maximum absolute atomic E-state index is 12.5. The first-order valence-corrected chi connectivity index (χ1v) is 8.06. The number of amides is 1. The first kappa shape index (κ1) is 19.1. The third kappa shape index (κ3) is 4.24. The summed E-state index contributed by atoms with van der Waals surface area (Å²) in [6, 6.07) is 14.9. The Bertz CT molecular complexity index is 724.